The molecule has 1 aliphatic heterocycles. The summed E-state index contributed by atoms with van der Waals surface area (Å²) in [5, 5.41) is 0. The van der Waals surface area contributed by atoms with Crippen LogP contribution in [0.3, 0.4) is 0 Å². The normalized spacial score (nSPS) is 15.9. The second kappa shape index (κ2) is 7.42. The number of nitrogens with zero attached hydrogens (tertiary/aromatic N) is 3. The van der Waals surface area contributed by atoms with Crippen LogP contribution in [-0.2, 0) is 16.1 Å². The zero-order valence-corrected chi connectivity index (χ0v) is 13.4. The van der Waals surface area contributed by atoms with Gasteiger partial charge in [-0.2, -0.15) is 0 Å². The molecule has 1 aliphatic rings. The first-order valence-corrected chi connectivity index (χ1v) is 8.14. The number of rotatable bonds is 6. The third kappa shape index (κ3) is 3.79. The van der Waals surface area contributed by atoms with Gasteiger partial charge in [0, 0.05) is 19.7 Å². The summed E-state index contributed by atoms with van der Waals surface area (Å²) in [6.07, 6.45) is 5.54. The highest BCUT2D eigenvalue weighted by Gasteiger charge is 2.23. The predicted molar refractivity (Wildman–Crippen MR) is 90.1 cm³/mol. The highest BCUT2D eigenvalue weighted by molar-refractivity contribution is 5.80. The maximum absolute atomic E-state index is 12.5. The summed E-state index contributed by atoms with van der Waals surface area (Å²) in [6.45, 7) is 7.00. The Bertz CT molecular complexity index is 672. The van der Waals surface area contributed by atoms with E-state index in [1.807, 2.05) is 33.7 Å². The second-order valence-electron chi connectivity index (χ2n) is 6.01. The fourth-order valence-corrected chi connectivity index (χ4v) is 3.05. The number of aromatic nitrogens is 2. The number of benzene rings is 1. The Morgan fingerprint density at radius 3 is 2.91 bits per heavy atom. The van der Waals surface area contributed by atoms with Gasteiger partial charge >= 0.3 is 0 Å². The molecule has 0 aliphatic carbocycles. The molecule has 3 rings (SSSR count). The SMILES string of the molecule is C=CCOCC1CCN(C(=O)Cn2cnc3ccccc32)CC1. The van der Waals surface area contributed by atoms with Crippen LogP contribution in [0.2, 0.25) is 0 Å². The van der Waals surface area contributed by atoms with Crippen molar-refractivity contribution in [3.63, 3.8) is 0 Å². The molecule has 0 radical (unpaired) electrons. The number of imidazole rings is 1. The van der Waals surface area contributed by atoms with Crippen LogP contribution in [0.25, 0.3) is 11.0 Å². The zero-order valence-electron chi connectivity index (χ0n) is 13.4. The standard InChI is InChI=1S/C18H23N3O2/c1-2-11-23-13-15-7-9-20(10-8-15)18(22)12-21-14-19-16-5-3-4-6-17(16)21/h2-6,14-15H,1,7-13H2. The van der Waals surface area contributed by atoms with Crippen molar-refractivity contribution in [3.05, 3.63) is 43.2 Å². The van der Waals surface area contributed by atoms with E-state index in [2.05, 4.69) is 11.6 Å². The molecule has 122 valence electrons. The largest absolute Gasteiger partial charge is 0.377 e. The van der Waals surface area contributed by atoms with Gasteiger partial charge in [0.15, 0.2) is 0 Å². The average molecular weight is 313 g/mol. The number of ether oxygens (including phenoxy) is 1. The van der Waals surface area contributed by atoms with Crippen molar-refractivity contribution in [2.75, 3.05) is 26.3 Å². The van der Waals surface area contributed by atoms with Crippen LogP contribution in [0.5, 0.6) is 0 Å². The quantitative estimate of drug-likeness (QED) is 0.608. The number of hydrogen-bond acceptors (Lipinski definition) is 3. The van der Waals surface area contributed by atoms with E-state index >= 15 is 0 Å². The van der Waals surface area contributed by atoms with E-state index in [9.17, 15) is 4.79 Å². The summed E-state index contributed by atoms with van der Waals surface area (Å²) in [6, 6.07) is 7.89. The minimum Gasteiger partial charge on any atom is -0.377 e. The molecule has 2 aromatic rings. The number of hydrogen-bond donors (Lipinski definition) is 0. The van der Waals surface area contributed by atoms with Crippen molar-refractivity contribution in [1.82, 2.24) is 14.5 Å². The van der Waals surface area contributed by atoms with Gasteiger partial charge in [-0.15, -0.1) is 6.58 Å². The lowest BCUT2D eigenvalue weighted by atomic mass is 9.98. The van der Waals surface area contributed by atoms with Crippen LogP contribution in [0.15, 0.2) is 43.2 Å². The first-order valence-electron chi connectivity index (χ1n) is 8.14. The first kappa shape index (κ1) is 15.7. The van der Waals surface area contributed by atoms with Crippen LogP contribution in [0.1, 0.15) is 12.8 Å². The molecule has 5 heteroatoms. The van der Waals surface area contributed by atoms with E-state index in [1.165, 1.54) is 0 Å². The van der Waals surface area contributed by atoms with Gasteiger partial charge < -0.3 is 14.2 Å². The molecule has 1 fully saturated rings. The molecule has 0 bridgehead atoms. The van der Waals surface area contributed by atoms with Crippen molar-refractivity contribution in [2.45, 2.75) is 19.4 Å². The van der Waals surface area contributed by atoms with Gasteiger partial charge in [0.25, 0.3) is 0 Å². The molecule has 0 saturated carbocycles. The van der Waals surface area contributed by atoms with Crippen molar-refractivity contribution in [1.29, 1.82) is 0 Å². The van der Waals surface area contributed by atoms with Crippen molar-refractivity contribution >= 4 is 16.9 Å². The van der Waals surface area contributed by atoms with Crippen molar-refractivity contribution in [2.24, 2.45) is 5.92 Å². The summed E-state index contributed by atoms with van der Waals surface area (Å²) in [5.74, 6) is 0.715. The monoisotopic (exact) mass is 313 g/mol. The lowest BCUT2D eigenvalue weighted by molar-refractivity contribution is -0.133. The summed E-state index contributed by atoms with van der Waals surface area (Å²) in [7, 11) is 0. The Kier molecular flexibility index (Phi) is 5.08. The van der Waals surface area contributed by atoms with E-state index in [0.717, 1.165) is 43.6 Å². The van der Waals surface area contributed by atoms with Crippen LogP contribution in [0.4, 0.5) is 0 Å². The van der Waals surface area contributed by atoms with E-state index < -0.39 is 0 Å². The maximum Gasteiger partial charge on any atom is 0.242 e. The highest BCUT2D eigenvalue weighted by atomic mass is 16.5. The Morgan fingerprint density at radius 2 is 2.13 bits per heavy atom. The molecule has 1 aromatic carbocycles. The lowest BCUT2D eigenvalue weighted by Crippen LogP contribution is -2.41. The fourth-order valence-electron chi connectivity index (χ4n) is 3.05. The van der Waals surface area contributed by atoms with Crippen LogP contribution < -0.4 is 0 Å². The van der Waals surface area contributed by atoms with Crippen LogP contribution in [0, 0.1) is 5.92 Å². The fraction of sp³-hybridized carbons (Fsp3) is 0.444. The number of amides is 1. The Morgan fingerprint density at radius 1 is 1.35 bits per heavy atom. The Hall–Kier alpha value is -2.14. The lowest BCUT2D eigenvalue weighted by Gasteiger charge is -2.32. The van der Waals surface area contributed by atoms with Gasteiger partial charge in [0.2, 0.25) is 5.91 Å². The minimum absolute atomic E-state index is 0.165. The average Bonchev–Trinajstić information content (AvgIpc) is 2.99. The summed E-state index contributed by atoms with van der Waals surface area (Å²) >= 11 is 0. The third-order valence-corrected chi connectivity index (χ3v) is 4.39. The Balaban J connectivity index is 1.52. The van der Waals surface area contributed by atoms with E-state index in [4.69, 9.17) is 4.74 Å². The van der Waals surface area contributed by atoms with Gasteiger partial charge in [-0.05, 0) is 30.9 Å². The number of carbonyl (C=O) groups is 1. The summed E-state index contributed by atoms with van der Waals surface area (Å²) < 4.78 is 7.45. The highest BCUT2D eigenvalue weighted by Crippen LogP contribution is 2.18. The molecule has 2 heterocycles. The molecule has 23 heavy (non-hydrogen) atoms. The van der Waals surface area contributed by atoms with Crippen LogP contribution in [-0.4, -0.2) is 46.7 Å². The van der Waals surface area contributed by atoms with E-state index in [-0.39, 0.29) is 5.91 Å². The van der Waals surface area contributed by atoms with E-state index in [1.54, 1.807) is 12.4 Å². The molecule has 1 saturated heterocycles. The molecule has 0 atom stereocenters. The molecule has 5 nitrogen and oxygen atoms in total. The van der Waals surface area contributed by atoms with Crippen LogP contribution >= 0.6 is 0 Å². The van der Waals surface area contributed by atoms with Gasteiger partial charge in [-0.3, -0.25) is 4.79 Å². The number of fused-ring (bicyclic) bond motifs is 1. The molecule has 0 N–H and O–H groups in total. The van der Waals surface area contributed by atoms with Crippen molar-refractivity contribution < 1.29 is 9.53 Å². The maximum atomic E-state index is 12.5. The smallest absolute Gasteiger partial charge is 0.242 e. The number of carbonyl (C=O) groups excluding carboxylic acids is 1. The van der Waals surface area contributed by atoms with Gasteiger partial charge in [0.1, 0.15) is 6.54 Å². The number of likely N-dealkylation sites (tertiary alicyclic amines) is 1. The molecular weight excluding hydrogens is 290 g/mol. The zero-order chi connectivity index (χ0) is 16.1. The summed E-state index contributed by atoms with van der Waals surface area (Å²) in [4.78, 5) is 18.8. The van der Waals surface area contributed by atoms with Gasteiger partial charge in [-0.1, -0.05) is 18.2 Å². The topological polar surface area (TPSA) is 47.4 Å². The number of piperidine rings is 1. The molecular formula is C18H23N3O2. The van der Waals surface area contributed by atoms with E-state index in [0.29, 0.717) is 19.1 Å². The predicted octanol–water partition coefficient (Wildman–Crippen LogP) is 2.48. The summed E-state index contributed by atoms with van der Waals surface area (Å²) in [5.41, 5.74) is 1.94. The third-order valence-electron chi connectivity index (χ3n) is 4.39. The number of para-hydroxylation sites is 2. The first-order chi connectivity index (χ1) is 11.3. The van der Waals surface area contributed by atoms with Crippen molar-refractivity contribution in [3.8, 4) is 0 Å². The minimum atomic E-state index is 0.165. The molecule has 1 amide bonds. The van der Waals surface area contributed by atoms with Gasteiger partial charge in [-0.25, -0.2) is 4.98 Å². The molecule has 0 spiro atoms. The van der Waals surface area contributed by atoms with Gasteiger partial charge in [0.05, 0.1) is 24.0 Å². The Labute approximate surface area is 136 Å². The second-order valence-corrected chi connectivity index (χ2v) is 6.01. The molecule has 0 unspecified atom stereocenters. The molecule has 1 aromatic heterocycles.